The van der Waals surface area contributed by atoms with Gasteiger partial charge in [0.1, 0.15) is 6.04 Å². The van der Waals surface area contributed by atoms with Crippen LogP contribution in [-0.2, 0) is 9.59 Å². The van der Waals surface area contributed by atoms with Crippen molar-refractivity contribution in [2.24, 2.45) is 5.41 Å². The topological polar surface area (TPSA) is 52.7 Å². The molecule has 0 aromatic carbocycles. The molecule has 2 rings (SSSR count). The molecule has 2 saturated heterocycles. The highest BCUT2D eigenvalue weighted by Gasteiger charge is 2.40. The summed E-state index contributed by atoms with van der Waals surface area (Å²) < 4.78 is 0. The van der Waals surface area contributed by atoms with Gasteiger partial charge in [-0.3, -0.25) is 9.59 Å². The number of nitrogens with zero attached hydrogens (tertiary/aromatic N) is 2. The van der Waals surface area contributed by atoms with Crippen molar-refractivity contribution >= 4 is 23.6 Å². The molecule has 0 radical (unpaired) electrons. The van der Waals surface area contributed by atoms with E-state index in [4.69, 9.17) is 0 Å². The number of hydrogen-bond acceptors (Lipinski definition) is 4. The summed E-state index contributed by atoms with van der Waals surface area (Å²) >= 11 is 1.67. The first-order chi connectivity index (χ1) is 9.41. The molecule has 1 atom stereocenters. The minimum absolute atomic E-state index is 0.0776. The predicted molar refractivity (Wildman–Crippen MR) is 81.5 cm³/mol. The standard InChI is InChI=1S/C14H25N3O2S/c1-14(2,3)13(19)17-10-20-9-11(17)12(18)16-7-4-5-15-6-8-16/h11,15H,4-10H2,1-3H3. The summed E-state index contributed by atoms with van der Waals surface area (Å²) in [5.41, 5.74) is -0.427. The number of carbonyl (C=O) groups is 2. The molecule has 0 spiro atoms. The van der Waals surface area contributed by atoms with E-state index in [-0.39, 0.29) is 17.9 Å². The van der Waals surface area contributed by atoms with Crippen LogP contribution in [0, 0.1) is 5.41 Å². The Hall–Kier alpha value is -0.750. The average Bonchev–Trinajstić information content (AvgIpc) is 2.70. The maximum atomic E-state index is 12.7. The highest BCUT2D eigenvalue weighted by molar-refractivity contribution is 7.99. The van der Waals surface area contributed by atoms with Gasteiger partial charge in [-0.25, -0.2) is 0 Å². The van der Waals surface area contributed by atoms with E-state index in [2.05, 4.69) is 5.32 Å². The second-order valence-corrected chi connectivity index (χ2v) is 7.47. The van der Waals surface area contributed by atoms with Crippen LogP contribution in [0.5, 0.6) is 0 Å². The van der Waals surface area contributed by atoms with Crippen LogP contribution < -0.4 is 5.32 Å². The second kappa shape index (κ2) is 6.35. The molecule has 2 aliphatic heterocycles. The quantitative estimate of drug-likeness (QED) is 0.776. The monoisotopic (exact) mass is 299 g/mol. The minimum atomic E-state index is -0.427. The molecule has 0 aliphatic carbocycles. The summed E-state index contributed by atoms with van der Waals surface area (Å²) in [6.45, 7) is 9.09. The normalized spacial score (nSPS) is 24.6. The van der Waals surface area contributed by atoms with Crippen molar-refractivity contribution in [3.63, 3.8) is 0 Å². The fraction of sp³-hybridized carbons (Fsp3) is 0.857. The molecule has 2 amide bonds. The number of amides is 2. The Morgan fingerprint density at radius 2 is 1.95 bits per heavy atom. The van der Waals surface area contributed by atoms with Gasteiger partial charge in [-0.05, 0) is 13.0 Å². The van der Waals surface area contributed by atoms with Gasteiger partial charge < -0.3 is 15.1 Å². The van der Waals surface area contributed by atoms with Crippen LogP contribution in [0.15, 0.2) is 0 Å². The number of carbonyl (C=O) groups excluding carboxylic acids is 2. The van der Waals surface area contributed by atoms with Crippen molar-refractivity contribution < 1.29 is 9.59 Å². The van der Waals surface area contributed by atoms with Crippen LogP contribution in [0.2, 0.25) is 0 Å². The van der Waals surface area contributed by atoms with Crippen LogP contribution in [0.1, 0.15) is 27.2 Å². The molecular weight excluding hydrogens is 274 g/mol. The minimum Gasteiger partial charge on any atom is -0.340 e. The Morgan fingerprint density at radius 1 is 1.20 bits per heavy atom. The van der Waals surface area contributed by atoms with Gasteiger partial charge in [-0.1, -0.05) is 20.8 Å². The number of thioether (sulfide) groups is 1. The summed E-state index contributed by atoms with van der Waals surface area (Å²) in [7, 11) is 0. The van der Waals surface area contributed by atoms with Gasteiger partial charge >= 0.3 is 0 Å². The average molecular weight is 299 g/mol. The first-order valence-electron chi connectivity index (χ1n) is 7.29. The van der Waals surface area contributed by atoms with Gasteiger partial charge in [0.15, 0.2) is 0 Å². The van der Waals surface area contributed by atoms with Crippen LogP contribution in [0.4, 0.5) is 0 Å². The maximum Gasteiger partial charge on any atom is 0.246 e. The third-order valence-corrected chi connectivity index (χ3v) is 4.73. The lowest BCUT2D eigenvalue weighted by atomic mass is 9.94. The molecule has 6 heteroatoms. The molecular formula is C14H25N3O2S. The van der Waals surface area contributed by atoms with Gasteiger partial charge in [-0.2, -0.15) is 0 Å². The Labute approximate surface area is 125 Å². The molecule has 0 bridgehead atoms. The predicted octanol–water partition coefficient (Wildman–Crippen LogP) is 0.756. The molecule has 1 unspecified atom stereocenters. The Balaban J connectivity index is 2.06. The van der Waals surface area contributed by atoms with Crippen molar-refractivity contribution in [2.75, 3.05) is 37.8 Å². The third kappa shape index (κ3) is 3.47. The van der Waals surface area contributed by atoms with E-state index in [0.717, 1.165) is 38.4 Å². The Bertz CT molecular complexity index is 373. The third-order valence-electron chi connectivity index (χ3n) is 3.72. The summed E-state index contributed by atoms with van der Waals surface area (Å²) in [6.07, 6.45) is 0.985. The van der Waals surface area contributed by atoms with Crippen molar-refractivity contribution in [3.8, 4) is 0 Å². The lowest BCUT2D eigenvalue weighted by Gasteiger charge is -2.32. The maximum absolute atomic E-state index is 12.7. The zero-order valence-corrected chi connectivity index (χ0v) is 13.5. The summed E-state index contributed by atoms with van der Waals surface area (Å²) in [5, 5.41) is 3.30. The van der Waals surface area contributed by atoms with Gasteiger partial charge in [0.2, 0.25) is 11.8 Å². The molecule has 2 aliphatic rings. The molecule has 5 nitrogen and oxygen atoms in total. The van der Waals surface area contributed by atoms with Crippen LogP contribution >= 0.6 is 11.8 Å². The highest BCUT2D eigenvalue weighted by Crippen LogP contribution is 2.28. The first kappa shape index (κ1) is 15.6. The van der Waals surface area contributed by atoms with Gasteiger partial charge in [0, 0.05) is 30.8 Å². The lowest BCUT2D eigenvalue weighted by molar-refractivity contribution is -0.147. The highest BCUT2D eigenvalue weighted by atomic mass is 32.2. The van der Waals surface area contributed by atoms with Crippen molar-refractivity contribution in [1.29, 1.82) is 0 Å². The molecule has 0 aromatic rings. The molecule has 0 aromatic heterocycles. The van der Waals surface area contributed by atoms with E-state index in [9.17, 15) is 9.59 Å². The van der Waals surface area contributed by atoms with Gasteiger partial charge in [0.25, 0.3) is 0 Å². The molecule has 20 heavy (non-hydrogen) atoms. The SMILES string of the molecule is CC(C)(C)C(=O)N1CSCC1C(=O)N1CCCNCC1. The van der Waals surface area contributed by atoms with E-state index in [1.807, 2.05) is 25.7 Å². The summed E-state index contributed by atoms with van der Waals surface area (Å²) in [6, 6.07) is -0.273. The molecule has 114 valence electrons. The van der Waals surface area contributed by atoms with E-state index in [1.165, 1.54) is 0 Å². The Morgan fingerprint density at radius 3 is 2.65 bits per heavy atom. The van der Waals surface area contributed by atoms with Crippen molar-refractivity contribution in [1.82, 2.24) is 15.1 Å². The molecule has 0 saturated carbocycles. The van der Waals surface area contributed by atoms with E-state index in [1.54, 1.807) is 16.7 Å². The van der Waals surface area contributed by atoms with Crippen LogP contribution in [0.25, 0.3) is 0 Å². The molecule has 1 N–H and O–H groups in total. The van der Waals surface area contributed by atoms with Crippen molar-refractivity contribution in [3.05, 3.63) is 0 Å². The smallest absolute Gasteiger partial charge is 0.246 e. The largest absolute Gasteiger partial charge is 0.340 e. The van der Waals surface area contributed by atoms with E-state index >= 15 is 0 Å². The zero-order valence-electron chi connectivity index (χ0n) is 12.6. The van der Waals surface area contributed by atoms with Crippen LogP contribution in [-0.4, -0.2) is 65.5 Å². The fourth-order valence-electron chi connectivity index (χ4n) is 2.56. The van der Waals surface area contributed by atoms with E-state index in [0.29, 0.717) is 5.88 Å². The van der Waals surface area contributed by atoms with Crippen molar-refractivity contribution in [2.45, 2.75) is 33.2 Å². The van der Waals surface area contributed by atoms with Gasteiger partial charge in [-0.15, -0.1) is 11.8 Å². The summed E-state index contributed by atoms with van der Waals surface area (Å²) in [5.74, 6) is 1.56. The number of rotatable bonds is 1. The summed E-state index contributed by atoms with van der Waals surface area (Å²) in [4.78, 5) is 28.8. The zero-order chi connectivity index (χ0) is 14.8. The molecule has 2 fully saturated rings. The Kier molecular flexibility index (Phi) is 4.96. The lowest BCUT2D eigenvalue weighted by Crippen LogP contribution is -2.52. The fourth-order valence-corrected chi connectivity index (χ4v) is 3.70. The number of nitrogens with one attached hydrogen (secondary N) is 1. The first-order valence-corrected chi connectivity index (χ1v) is 8.45. The van der Waals surface area contributed by atoms with Gasteiger partial charge in [0.05, 0.1) is 5.88 Å². The molecule has 2 heterocycles. The number of hydrogen-bond donors (Lipinski definition) is 1. The van der Waals surface area contributed by atoms with E-state index < -0.39 is 5.41 Å². The second-order valence-electron chi connectivity index (χ2n) is 6.47. The van der Waals surface area contributed by atoms with Crippen LogP contribution in [0.3, 0.4) is 0 Å².